The molecule has 358 valence electrons. The van der Waals surface area contributed by atoms with Gasteiger partial charge in [-0.25, -0.2) is 0 Å². The number of phenols is 10. The summed E-state index contributed by atoms with van der Waals surface area (Å²) in [5, 5.41) is 115. The minimum atomic E-state index is -1.66. The van der Waals surface area contributed by atoms with Gasteiger partial charge in [0.25, 0.3) is 0 Å². The van der Waals surface area contributed by atoms with E-state index in [0.717, 1.165) is 22.3 Å². The smallest absolute Gasteiger partial charge is 0.200 e. The van der Waals surface area contributed by atoms with Gasteiger partial charge in [-0.15, -0.1) is 6.42 Å². The van der Waals surface area contributed by atoms with Crippen molar-refractivity contribution in [3.05, 3.63) is 147 Å². The van der Waals surface area contributed by atoms with Crippen LogP contribution in [0.2, 0.25) is 0 Å². The first kappa shape index (κ1) is 45.9. The predicted octanol–water partition coefficient (Wildman–Crippen LogP) is 11.5. The van der Waals surface area contributed by atoms with E-state index in [9.17, 15) is 51.1 Å². The Morgan fingerprint density at radius 1 is 0.514 bits per heavy atom. The molecule has 10 N–H and O–H groups in total. The first-order valence-electron chi connectivity index (χ1n) is 23.8. The average Bonchev–Trinajstić information content (AvgIpc) is 3.92. The highest BCUT2D eigenvalue weighted by atomic mass is 16.3. The van der Waals surface area contributed by atoms with Crippen molar-refractivity contribution in [3.63, 3.8) is 0 Å². The highest BCUT2D eigenvalue weighted by Crippen LogP contribution is 2.71. The molecule has 1 saturated carbocycles. The molecule has 0 aromatic heterocycles. The summed E-state index contributed by atoms with van der Waals surface area (Å²) in [6, 6.07) is 23.3. The van der Waals surface area contributed by atoms with Gasteiger partial charge in [0.15, 0.2) is 23.0 Å². The molecule has 11 nitrogen and oxygen atoms in total. The lowest BCUT2D eigenvalue weighted by Crippen LogP contribution is -2.26. The molecule has 5 aliphatic carbocycles. The Morgan fingerprint density at radius 2 is 1.11 bits per heavy atom. The summed E-state index contributed by atoms with van der Waals surface area (Å²) >= 11 is 0. The Morgan fingerprint density at radius 3 is 1.72 bits per heavy atom. The van der Waals surface area contributed by atoms with Crippen molar-refractivity contribution in [3.8, 4) is 103 Å². The van der Waals surface area contributed by atoms with E-state index in [4.69, 9.17) is 14.3 Å². The van der Waals surface area contributed by atoms with Crippen molar-refractivity contribution in [1.29, 1.82) is 0 Å². The van der Waals surface area contributed by atoms with Crippen LogP contribution < -0.4 is 10.4 Å². The van der Waals surface area contributed by atoms with E-state index in [1.807, 2.05) is 68.1 Å². The third-order valence-electron chi connectivity index (χ3n) is 15.9. The largest absolute Gasteiger partial charge is 0.508 e. The van der Waals surface area contributed by atoms with Crippen LogP contribution >= 0.6 is 0 Å². The van der Waals surface area contributed by atoms with Crippen LogP contribution in [0.1, 0.15) is 105 Å². The van der Waals surface area contributed by atoms with Crippen LogP contribution in [0, 0.1) is 12.3 Å². The van der Waals surface area contributed by atoms with Gasteiger partial charge in [0.2, 0.25) is 11.5 Å². The van der Waals surface area contributed by atoms with E-state index in [0.29, 0.717) is 55.9 Å². The highest BCUT2D eigenvalue weighted by molar-refractivity contribution is 6.38. The van der Waals surface area contributed by atoms with Crippen LogP contribution in [0.25, 0.3) is 39.0 Å². The van der Waals surface area contributed by atoms with Gasteiger partial charge in [-0.3, -0.25) is 0 Å². The molecule has 12 heteroatoms. The molecule has 0 saturated heterocycles. The third kappa shape index (κ3) is 5.82. The highest BCUT2D eigenvalue weighted by Gasteiger charge is 2.56. The molecule has 1 fully saturated rings. The van der Waals surface area contributed by atoms with Crippen LogP contribution in [0.4, 0.5) is 17.1 Å². The van der Waals surface area contributed by atoms with Crippen LogP contribution in [0.3, 0.4) is 0 Å². The molecular formula is C60H50BNO10. The number of hydrogen-bond acceptors (Lipinski definition) is 11. The fourth-order valence-electron chi connectivity index (χ4n) is 12.3. The third-order valence-corrected chi connectivity index (χ3v) is 15.9. The number of rotatable bonds is 4. The lowest BCUT2D eigenvalue weighted by Gasteiger charge is -2.34. The Balaban J connectivity index is 0.00000134. The van der Waals surface area contributed by atoms with Gasteiger partial charge < -0.3 is 56.0 Å². The number of phenolic OH excluding ortho intramolecular Hbond substituents is 10. The molecule has 0 amide bonds. The number of nitrogens with zero attached hydrogens (tertiary/aromatic N) is 1. The number of aromatic hydroxyl groups is 10. The minimum Gasteiger partial charge on any atom is -0.508 e. The summed E-state index contributed by atoms with van der Waals surface area (Å²) in [6.07, 6.45) is 15.3. The van der Waals surface area contributed by atoms with Gasteiger partial charge in [-0.05, 0) is 122 Å². The second-order valence-electron chi connectivity index (χ2n) is 20.4. The number of hydrogen-bond donors (Lipinski definition) is 10. The Kier molecular flexibility index (Phi) is 9.86. The monoisotopic (exact) mass is 955 g/mol. The van der Waals surface area contributed by atoms with Crippen molar-refractivity contribution >= 4 is 35.9 Å². The zero-order valence-electron chi connectivity index (χ0n) is 40.1. The quantitative estimate of drug-likeness (QED) is 0.0456. The summed E-state index contributed by atoms with van der Waals surface area (Å²) in [7, 11) is 6.53. The summed E-state index contributed by atoms with van der Waals surface area (Å²) in [6.45, 7) is 10.0. The number of fused-ring (bicyclic) bond motifs is 14. The van der Waals surface area contributed by atoms with Crippen LogP contribution in [0.15, 0.2) is 103 Å². The van der Waals surface area contributed by atoms with Crippen LogP contribution in [0.5, 0.6) is 57.5 Å². The van der Waals surface area contributed by atoms with Gasteiger partial charge in [-0.1, -0.05) is 95.7 Å². The first-order valence-corrected chi connectivity index (χ1v) is 23.8. The normalized spacial score (nSPS) is 16.2. The van der Waals surface area contributed by atoms with Crippen molar-refractivity contribution in [2.75, 3.05) is 4.90 Å². The average molecular weight is 956 g/mol. The molecule has 0 bridgehead atoms. The maximum atomic E-state index is 12.7. The topological polar surface area (TPSA) is 206 Å². The molecule has 0 unspecified atom stereocenters. The van der Waals surface area contributed by atoms with E-state index in [2.05, 4.69) is 19.8 Å². The van der Waals surface area contributed by atoms with E-state index >= 15 is 0 Å². The number of terminal acetylenes is 1. The van der Waals surface area contributed by atoms with Crippen LogP contribution in [-0.4, -0.2) is 58.9 Å². The molecule has 0 aliphatic heterocycles. The lowest BCUT2D eigenvalue weighted by molar-refractivity contribution is 0.365. The summed E-state index contributed by atoms with van der Waals surface area (Å²) in [4.78, 5) is 1.85. The van der Waals surface area contributed by atoms with Gasteiger partial charge in [-0.2, -0.15) is 0 Å². The molecule has 0 atom stereocenters. The maximum Gasteiger partial charge on any atom is 0.200 e. The van der Waals surface area contributed by atoms with Gasteiger partial charge in [0.1, 0.15) is 30.8 Å². The molecule has 5 aliphatic rings. The minimum absolute atomic E-state index is 0.0330. The molecule has 1 spiro atoms. The predicted molar refractivity (Wildman–Crippen MR) is 279 cm³/mol. The Bertz CT molecular complexity index is 3630. The molecule has 7 aromatic rings. The number of anilines is 3. The second kappa shape index (κ2) is 15.5. The summed E-state index contributed by atoms with van der Waals surface area (Å²) in [5.41, 5.74) is 5.63. The summed E-state index contributed by atoms with van der Waals surface area (Å²) in [5.74, 6) is -3.11. The Hall–Kier alpha value is -8.56. The van der Waals surface area contributed by atoms with Gasteiger partial charge in [0.05, 0.1) is 22.5 Å². The lowest BCUT2D eigenvalue weighted by atomic mass is 9.70. The first-order chi connectivity index (χ1) is 34.2. The van der Waals surface area contributed by atoms with Crippen molar-refractivity contribution in [2.24, 2.45) is 0 Å². The van der Waals surface area contributed by atoms with Gasteiger partial charge >= 0.3 is 0 Å². The second-order valence-corrected chi connectivity index (χ2v) is 20.4. The number of benzene rings is 7. The van der Waals surface area contributed by atoms with Crippen molar-refractivity contribution in [2.45, 2.75) is 76.5 Å². The molecule has 0 heterocycles. The Labute approximate surface area is 417 Å². The standard InChI is InChI=1S/C56H42BNO10.C4H8/c1-7-8-13-28-24(2)43-30(54(28,3)4)15-11-16-35(43)58(36-20-31-27(19-38(36)60)45-48(55(31,5)6)39(61)23-40(62)49(45)57)37-18-25(59)17-32-44(37)26-12-9-10-14-29(26)56(32)33-21-41(63)50(65)52(67)46(33)47-34(56)22-42(64)51(66)53(47)68;1-2-4-3-1/h1,8-23,59-68H,2-6H3;1-4H2/b13-8-;. The zero-order valence-corrected chi connectivity index (χ0v) is 40.1. The van der Waals surface area contributed by atoms with E-state index < -0.39 is 50.7 Å². The fraction of sp³-hybridized carbons (Fsp3) is 0.200. The van der Waals surface area contributed by atoms with Gasteiger partial charge in [0, 0.05) is 50.8 Å². The van der Waals surface area contributed by atoms with Crippen LogP contribution in [-0.2, 0) is 16.2 Å². The van der Waals surface area contributed by atoms with E-state index in [-0.39, 0.29) is 56.4 Å². The molecule has 72 heavy (non-hydrogen) atoms. The molecule has 7 aromatic carbocycles. The van der Waals surface area contributed by atoms with Crippen molar-refractivity contribution in [1.82, 2.24) is 0 Å². The zero-order chi connectivity index (χ0) is 51.2. The fourth-order valence-corrected chi connectivity index (χ4v) is 12.3. The molecular weight excluding hydrogens is 905 g/mol. The SMILES string of the molecule is C1CCC1.[B]c1c(O)cc(O)c2c1-c1cc(O)c(N(c3cccc4c3C(C)=C(/C=C\C#C)C4(C)C)c3cc(O)cc4c3-c3ccccc3C43c4cc(O)c(O)c(O)c4-c4c3cc(O)c(O)c4O)cc1C2(C)C. The van der Waals surface area contributed by atoms with Crippen molar-refractivity contribution < 1.29 is 51.1 Å². The maximum absolute atomic E-state index is 12.7. The van der Waals surface area contributed by atoms with E-state index in [1.54, 1.807) is 30.3 Å². The molecule has 2 radical (unpaired) electrons. The number of allylic oxidation sites excluding steroid dienone is 4. The molecule has 12 rings (SSSR count). The summed E-state index contributed by atoms with van der Waals surface area (Å²) < 4.78 is 0. The van der Waals surface area contributed by atoms with E-state index in [1.165, 1.54) is 49.9 Å².